The summed E-state index contributed by atoms with van der Waals surface area (Å²) in [7, 11) is 1.60. The van der Waals surface area contributed by atoms with Crippen molar-refractivity contribution in [3.63, 3.8) is 0 Å². The Balaban J connectivity index is 1.43. The lowest BCUT2D eigenvalue weighted by molar-refractivity contribution is -0.118. The van der Waals surface area contributed by atoms with Gasteiger partial charge in [0.25, 0.3) is 11.8 Å². The highest BCUT2D eigenvalue weighted by Crippen LogP contribution is 2.25. The number of amides is 3. The molecule has 0 saturated carbocycles. The van der Waals surface area contributed by atoms with Crippen LogP contribution in [0.1, 0.15) is 20.7 Å². The number of hydrogen-bond donors (Lipinski definition) is 0. The molecule has 3 aromatic rings. The second-order valence-corrected chi connectivity index (χ2v) is 6.60. The molecule has 3 amide bonds. The zero-order valence-corrected chi connectivity index (χ0v) is 15.7. The number of fused-ring (bicyclic) bond motifs is 1. The van der Waals surface area contributed by atoms with Crippen molar-refractivity contribution in [1.82, 2.24) is 4.90 Å². The monoisotopic (exact) mass is 386 g/mol. The van der Waals surface area contributed by atoms with E-state index < -0.39 is 11.8 Å². The van der Waals surface area contributed by atoms with E-state index in [2.05, 4.69) is 0 Å². The third kappa shape index (κ3) is 3.60. The van der Waals surface area contributed by atoms with Gasteiger partial charge in [-0.15, -0.1) is 0 Å². The maximum Gasteiger partial charge on any atom is 0.262 e. The smallest absolute Gasteiger partial charge is 0.262 e. The molecule has 144 valence electrons. The minimum Gasteiger partial charge on any atom is -0.457 e. The molecule has 0 atom stereocenters. The number of para-hydroxylation sites is 1. The number of carbonyl (C=O) groups is 3. The molecule has 29 heavy (non-hydrogen) atoms. The number of imide groups is 1. The van der Waals surface area contributed by atoms with Crippen LogP contribution in [0.5, 0.6) is 11.5 Å². The standard InChI is InChI=1S/C23H18N2O4/c1-24(16-11-13-18(14-12-16)29-17-7-3-2-4-8-17)21(26)15-25-22(27)19-9-5-6-10-20(19)23(25)28/h2-14H,15H2,1H3. The third-order valence-corrected chi connectivity index (χ3v) is 4.75. The molecule has 0 N–H and O–H groups in total. The molecule has 1 aliphatic rings. The molecular weight excluding hydrogens is 368 g/mol. The van der Waals surface area contributed by atoms with E-state index in [1.165, 1.54) is 4.90 Å². The fourth-order valence-electron chi connectivity index (χ4n) is 3.13. The predicted molar refractivity (Wildman–Crippen MR) is 108 cm³/mol. The highest BCUT2D eigenvalue weighted by molar-refractivity contribution is 6.22. The van der Waals surface area contributed by atoms with Crippen molar-refractivity contribution in [3.8, 4) is 11.5 Å². The van der Waals surface area contributed by atoms with Crippen molar-refractivity contribution in [2.75, 3.05) is 18.5 Å². The van der Waals surface area contributed by atoms with Gasteiger partial charge in [-0.1, -0.05) is 30.3 Å². The number of ether oxygens (including phenoxy) is 1. The summed E-state index contributed by atoms with van der Waals surface area (Å²) in [6.07, 6.45) is 0. The number of rotatable bonds is 5. The zero-order valence-electron chi connectivity index (χ0n) is 15.7. The van der Waals surface area contributed by atoms with Gasteiger partial charge in [-0.05, 0) is 48.5 Å². The normalized spacial score (nSPS) is 12.7. The van der Waals surface area contributed by atoms with Gasteiger partial charge in [0.1, 0.15) is 18.0 Å². The Labute approximate surface area is 167 Å². The van der Waals surface area contributed by atoms with Crippen LogP contribution in [0.3, 0.4) is 0 Å². The summed E-state index contributed by atoms with van der Waals surface area (Å²) in [5.74, 6) is 0.102. The summed E-state index contributed by atoms with van der Waals surface area (Å²) in [5, 5.41) is 0. The Hall–Kier alpha value is -3.93. The van der Waals surface area contributed by atoms with Crippen molar-refractivity contribution < 1.29 is 19.1 Å². The van der Waals surface area contributed by atoms with Crippen LogP contribution in [0.2, 0.25) is 0 Å². The van der Waals surface area contributed by atoms with E-state index in [0.717, 1.165) is 10.6 Å². The van der Waals surface area contributed by atoms with Crippen molar-refractivity contribution in [2.45, 2.75) is 0 Å². The minimum atomic E-state index is -0.445. The molecule has 3 aromatic carbocycles. The third-order valence-electron chi connectivity index (χ3n) is 4.75. The molecular formula is C23H18N2O4. The van der Waals surface area contributed by atoms with Gasteiger partial charge in [-0.2, -0.15) is 0 Å². The van der Waals surface area contributed by atoms with Crippen molar-refractivity contribution >= 4 is 23.4 Å². The number of benzene rings is 3. The molecule has 0 radical (unpaired) electrons. The molecule has 0 spiro atoms. The van der Waals surface area contributed by atoms with Gasteiger partial charge >= 0.3 is 0 Å². The van der Waals surface area contributed by atoms with E-state index in [4.69, 9.17) is 4.74 Å². The quantitative estimate of drug-likeness (QED) is 0.627. The SMILES string of the molecule is CN(C(=O)CN1C(=O)c2ccccc2C1=O)c1ccc(Oc2ccccc2)cc1. The molecule has 0 aliphatic carbocycles. The summed E-state index contributed by atoms with van der Waals surface area (Å²) < 4.78 is 5.74. The first-order valence-corrected chi connectivity index (χ1v) is 9.09. The number of nitrogens with zero attached hydrogens (tertiary/aromatic N) is 2. The van der Waals surface area contributed by atoms with Crippen molar-refractivity contribution in [3.05, 3.63) is 90.0 Å². The van der Waals surface area contributed by atoms with Gasteiger partial charge in [0.15, 0.2) is 0 Å². The van der Waals surface area contributed by atoms with Crippen LogP contribution in [0.4, 0.5) is 5.69 Å². The molecule has 1 heterocycles. The maximum atomic E-state index is 12.7. The van der Waals surface area contributed by atoms with Crippen molar-refractivity contribution in [2.24, 2.45) is 0 Å². The van der Waals surface area contributed by atoms with Crippen LogP contribution in [0.15, 0.2) is 78.9 Å². The van der Waals surface area contributed by atoms with Gasteiger partial charge in [0.2, 0.25) is 5.91 Å². The molecule has 0 unspecified atom stereocenters. The molecule has 6 heteroatoms. The van der Waals surface area contributed by atoms with E-state index in [-0.39, 0.29) is 12.5 Å². The maximum absolute atomic E-state index is 12.7. The number of hydrogen-bond acceptors (Lipinski definition) is 4. The largest absolute Gasteiger partial charge is 0.457 e. The lowest BCUT2D eigenvalue weighted by Crippen LogP contribution is -2.41. The van der Waals surface area contributed by atoms with E-state index in [0.29, 0.717) is 22.6 Å². The average molecular weight is 386 g/mol. The van der Waals surface area contributed by atoms with E-state index in [1.807, 2.05) is 30.3 Å². The van der Waals surface area contributed by atoms with Crippen LogP contribution in [-0.4, -0.2) is 36.2 Å². The van der Waals surface area contributed by atoms with Gasteiger partial charge in [0, 0.05) is 12.7 Å². The fraction of sp³-hybridized carbons (Fsp3) is 0.0870. The average Bonchev–Trinajstić information content (AvgIpc) is 2.99. The minimum absolute atomic E-state index is 0.314. The topological polar surface area (TPSA) is 66.9 Å². The van der Waals surface area contributed by atoms with Crippen LogP contribution in [-0.2, 0) is 4.79 Å². The summed E-state index contributed by atoms with van der Waals surface area (Å²) >= 11 is 0. The van der Waals surface area contributed by atoms with Gasteiger partial charge < -0.3 is 9.64 Å². The Morgan fingerprint density at radius 3 is 1.90 bits per heavy atom. The summed E-state index contributed by atoms with van der Waals surface area (Å²) in [6.45, 7) is -0.314. The van der Waals surface area contributed by atoms with Gasteiger partial charge in [-0.25, -0.2) is 0 Å². The Kier molecular flexibility index (Phi) is 4.83. The fourth-order valence-corrected chi connectivity index (χ4v) is 3.13. The second-order valence-electron chi connectivity index (χ2n) is 6.60. The highest BCUT2D eigenvalue weighted by Gasteiger charge is 2.36. The molecule has 1 aliphatic heterocycles. The second kappa shape index (κ2) is 7.59. The van der Waals surface area contributed by atoms with Gasteiger partial charge in [0.05, 0.1) is 11.1 Å². The first-order valence-electron chi connectivity index (χ1n) is 9.09. The molecule has 4 rings (SSSR count). The molecule has 0 saturated heterocycles. The molecule has 0 aromatic heterocycles. The Bertz CT molecular complexity index is 1040. The predicted octanol–water partition coefficient (Wildman–Crippen LogP) is 3.74. The highest BCUT2D eigenvalue weighted by atomic mass is 16.5. The van der Waals surface area contributed by atoms with Crippen LogP contribution in [0.25, 0.3) is 0 Å². The Morgan fingerprint density at radius 2 is 1.31 bits per heavy atom. The number of carbonyl (C=O) groups excluding carboxylic acids is 3. The van der Waals surface area contributed by atoms with Crippen LogP contribution < -0.4 is 9.64 Å². The van der Waals surface area contributed by atoms with E-state index >= 15 is 0 Å². The first kappa shape index (κ1) is 18.4. The number of anilines is 1. The molecule has 0 bridgehead atoms. The number of likely N-dealkylation sites (N-methyl/N-ethyl adjacent to an activating group) is 1. The Morgan fingerprint density at radius 1 is 0.793 bits per heavy atom. The van der Waals surface area contributed by atoms with E-state index in [9.17, 15) is 14.4 Å². The zero-order chi connectivity index (χ0) is 20.4. The van der Waals surface area contributed by atoms with Gasteiger partial charge in [-0.3, -0.25) is 19.3 Å². The first-order chi connectivity index (χ1) is 14.0. The van der Waals surface area contributed by atoms with Crippen LogP contribution >= 0.6 is 0 Å². The van der Waals surface area contributed by atoms with E-state index in [1.54, 1.807) is 55.6 Å². The van der Waals surface area contributed by atoms with Crippen molar-refractivity contribution in [1.29, 1.82) is 0 Å². The molecule has 0 fully saturated rings. The van der Waals surface area contributed by atoms with Crippen LogP contribution in [0, 0.1) is 0 Å². The summed E-state index contributed by atoms with van der Waals surface area (Å²) in [6, 6.07) is 23.0. The lowest BCUT2D eigenvalue weighted by Gasteiger charge is -2.21. The molecule has 6 nitrogen and oxygen atoms in total. The summed E-state index contributed by atoms with van der Waals surface area (Å²) in [5.41, 5.74) is 1.29. The lowest BCUT2D eigenvalue weighted by atomic mass is 10.1. The summed E-state index contributed by atoms with van der Waals surface area (Å²) in [4.78, 5) is 39.9.